The molecule has 0 aliphatic heterocycles. The molecule has 0 bridgehead atoms. The normalized spacial score (nSPS) is 10.4. The molecule has 2 heteroatoms. The van der Waals surface area contributed by atoms with Crippen LogP contribution in [-0.4, -0.2) is 12.2 Å². The Morgan fingerprint density at radius 3 is 2.75 bits per heavy atom. The van der Waals surface area contributed by atoms with Crippen LogP contribution in [0.25, 0.3) is 6.08 Å². The van der Waals surface area contributed by atoms with Crippen LogP contribution in [0.5, 0.6) is 0 Å². The van der Waals surface area contributed by atoms with E-state index in [1.54, 1.807) is 6.07 Å². The van der Waals surface area contributed by atoms with Crippen LogP contribution in [0.2, 0.25) is 0 Å². The zero-order valence-corrected chi connectivity index (χ0v) is 7.29. The summed E-state index contributed by atoms with van der Waals surface area (Å²) in [5.41, 5.74) is 1.69. The van der Waals surface area contributed by atoms with Gasteiger partial charge in [0.1, 0.15) is 6.29 Å². The van der Waals surface area contributed by atoms with Crippen LogP contribution < -0.4 is 0 Å². The van der Waals surface area contributed by atoms with Crippen LogP contribution in [-0.2, 0) is 0 Å². The molecule has 1 aromatic rings. The third-order valence-electron chi connectivity index (χ3n) is 1.45. The van der Waals surface area contributed by atoms with Crippen LogP contribution in [0.1, 0.15) is 15.9 Å². The molecule has 12 heavy (non-hydrogen) atoms. The topological polar surface area (TPSA) is 17.1 Å². The Kier molecular flexibility index (Phi) is 3.55. The predicted molar refractivity (Wildman–Crippen MR) is 51.6 cm³/mol. The minimum atomic E-state index is 0.491. The van der Waals surface area contributed by atoms with Gasteiger partial charge in [-0.05, 0) is 11.6 Å². The number of allylic oxidation sites excluding steroid dienone is 1. The fourth-order valence-electron chi connectivity index (χ4n) is 0.917. The third kappa shape index (κ3) is 2.51. The molecule has 0 unspecified atom stereocenters. The molecule has 62 valence electrons. The number of hydrogen-bond donors (Lipinski definition) is 0. The molecular weight excluding hydrogens is 172 g/mol. The number of rotatable bonds is 3. The smallest absolute Gasteiger partial charge is 0.150 e. The Morgan fingerprint density at radius 1 is 1.33 bits per heavy atom. The van der Waals surface area contributed by atoms with E-state index in [2.05, 4.69) is 0 Å². The molecule has 0 saturated heterocycles. The Morgan fingerprint density at radius 2 is 2.08 bits per heavy atom. The highest BCUT2D eigenvalue weighted by molar-refractivity contribution is 6.19. The summed E-state index contributed by atoms with van der Waals surface area (Å²) < 4.78 is 0. The first kappa shape index (κ1) is 9.01. The van der Waals surface area contributed by atoms with E-state index in [-0.39, 0.29) is 0 Å². The zero-order chi connectivity index (χ0) is 8.81. The van der Waals surface area contributed by atoms with Crippen molar-refractivity contribution in [3.8, 4) is 0 Å². The summed E-state index contributed by atoms with van der Waals surface area (Å²) in [4.78, 5) is 10.4. The highest BCUT2D eigenvalue weighted by Gasteiger charge is 1.89. The van der Waals surface area contributed by atoms with Gasteiger partial charge in [0, 0.05) is 11.4 Å². The van der Waals surface area contributed by atoms with Crippen molar-refractivity contribution < 1.29 is 4.79 Å². The lowest BCUT2D eigenvalue weighted by Crippen LogP contribution is -1.79. The number of halogens is 1. The Hall–Kier alpha value is -1.08. The Balaban J connectivity index is 2.86. The number of hydrogen-bond acceptors (Lipinski definition) is 1. The van der Waals surface area contributed by atoms with Crippen molar-refractivity contribution in [2.24, 2.45) is 0 Å². The summed E-state index contributed by atoms with van der Waals surface area (Å²) in [6.45, 7) is 0. The van der Waals surface area contributed by atoms with Crippen molar-refractivity contribution in [1.29, 1.82) is 0 Å². The van der Waals surface area contributed by atoms with E-state index in [1.165, 1.54) is 0 Å². The summed E-state index contributed by atoms with van der Waals surface area (Å²) in [7, 11) is 0. The van der Waals surface area contributed by atoms with Gasteiger partial charge in [-0.15, -0.1) is 11.6 Å². The molecule has 0 fully saturated rings. The number of benzene rings is 1. The van der Waals surface area contributed by atoms with Crippen molar-refractivity contribution in [1.82, 2.24) is 0 Å². The highest BCUT2D eigenvalue weighted by atomic mass is 35.5. The van der Waals surface area contributed by atoms with Crippen LogP contribution >= 0.6 is 11.6 Å². The van der Waals surface area contributed by atoms with Crippen LogP contribution in [0.3, 0.4) is 0 Å². The molecule has 1 nitrogen and oxygen atoms in total. The van der Waals surface area contributed by atoms with Gasteiger partial charge in [-0.1, -0.05) is 30.4 Å². The van der Waals surface area contributed by atoms with Gasteiger partial charge in [-0.3, -0.25) is 4.79 Å². The zero-order valence-electron chi connectivity index (χ0n) is 6.53. The van der Waals surface area contributed by atoms with Crippen LogP contribution in [0.15, 0.2) is 30.3 Å². The van der Waals surface area contributed by atoms with Crippen molar-refractivity contribution in [2.45, 2.75) is 0 Å². The number of carbonyl (C=O) groups is 1. The summed E-state index contributed by atoms with van der Waals surface area (Å²) in [6.07, 6.45) is 4.56. The molecule has 0 spiro atoms. The van der Waals surface area contributed by atoms with Gasteiger partial charge in [0.25, 0.3) is 0 Å². The molecular formula is C10H9ClO. The van der Waals surface area contributed by atoms with Gasteiger partial charge in [0.2, 0.25) is 0 Å². The summed E-state index contributed by atoms with van der Waals surface area (Å²) in [6, 6.07) is 7.36. The van der Waals surface area contributed by atoms with E-state index in [1.807, 2.05) is 30.4 Å². The van der Waals surface area contributed by atoms with Crippen molar-refractivity contribution in [2.75, 3.05) is 5.88 Å². The maximum absolute atomic E-state index is 10.4. The molecule has 0 N–H and O–H groups in total. The molecule has 0 aromatic heterocycles. The van der Waals surface area contributed by atoms with Gasteiger partial charge < -0.3 is 0 Å². The second-order valence-corrected chi connectivity index (χ2v) is 2.65. The van der Waals surface area contributed by atoms with E-state index in [0.29, 0.717) is 11.4 Å². The number of carbonyl (C=O) groups excluding carboxylic acids is 1. The quantitative estimate of drug-likeness (QED) is 0.517. The summed E-state index contributed by atoms with van der Waals surface area (Å²) in [5.74, 6) is 0.491. The monoisotopic (exact) mass is 180 g/mol. The SMILES string of the molecule is O=Cc1cccc(/C=C/CCl)c1. The predicted octanol–water partition coefficient (Wildman–Crippen LogP) is 2.75. The minimum absolute atomic E-state index is 0.491. The molecule has 0 aliphatic rings. The molecule has 0 radical (unpaired) electrons. The molecule has 1 rings (SSSR count). The lowest BCUT2D eigenvalue weighted by atomic mass is 10.1. The van der Waals surface area contributed by atoms with E-state index >= 15 is 0 Å². The number of aldehydes is 1. The molecule has 0 atom stereocenters. The van der Waals surface area contributed by atoms with E-state index in [4.69, 9.17) is 11.6 Å². The lowest BCUT2D eigenvalue weighted by molar-refractivity contribution is 0.112. The van der Waals surface area contributed by atoms with Crippen molar-refractivity contribution in [3.63, 3.8) is 0 Å². The van der Waals surface area contributed by atoms with Crippen LogP contribution in [0, 0.1) is 0 Å². The van der Waals surface area contributed by atoms with E-state index < -0.39 is 0 Å². The fraction of sp³-hybridized carbons (Fsp3) is 0.100. The second kappa shape index (κ2) is 4.73. The van der Waals surface area contributed by atoms with Gasteiger partial charge >= 0.3 is 0 Å². The molecule has 0 heterocycles. The minimum Gasteiger partial charge on any atom is -0.298 e. The molecule has 0 amide bonds. The van der Waals surface area contributed by atoms with Crippen molar-refractivity contribution >= 4 is 24.0 Å². The summed E-state index contributed by atoms with van der Waals surface area (Å²) >= 11 is 5.47. The molecule has 0 aliphatic carbocycles. The Labute approximate surface area is 76.7 Å². The maximum Gasteiger partial charge on any atom is 0.150 e. The first-order valence-corrected chi connectivity index (χ1v) is 4.18. The fourth-order valence-corrected chi connectivity index (χ4v) is 1.01. The highest BCUT2D eigenvalue weighted by Crippen LogP contribution is 2.05. The standard InChI is InChI=1S/C10H9ClO/c11-6-2-5-9-3-1-4-10(7-9)8-12/h1-5,7-8H,6H2/b5-2+. The van der Waals surface area contributed by atoms with Gasteiger partial charge in [-0.25, -0.2) is 0 Å². The largest absolute Gasteiger partial charge is 0.298 e. The third-order valence-corrected chi connectivity index (χ3v) is 1.62. The van der Waals surface area contributed by atoms with E-state index in [0.717, 1.165) is 11.8 Å². The van der Waals surface area contributed by atoms with Gasteiger partial charge in [0.05, 0.1) is 0 Å². The lowest BCUT2D eigenvalue weighted by Gasteiger charge is -1.93. The Bertz CT molecular complexity index is 292. The molecule has 0 saturated carbocycles. The average Bonchev–Trinajstić information content (AvgIpc) is 2.15. The first-order chi connectivity index (χ1) is 5.86. The summed E-state index contributed by atoms with van der Waals surface area (Å²) in [5, 5.41) is 0. The second-order valence-electron chi connectivity index (χ2n) is 2.34. The van der Waals surface area contributed by atoms with E-state index in [9.17, 15) is 4.79 Å². The van der Waals surface area contributed by atoms with Crippen molar-refractivity contribution in [3.05, 3.63) is 41.5 Å². The van der Waals surface area contributed by atoms with Crippen LogP contribution in [0.4, 0.5) is 0 Å². The number of alkyl halides is 1. The maximum atomic E-state index is 10.4. The molecule has 1 aromatic carbocycles. The first-order valence-electron chi connectivity index (χ1n) is 3.64. The van der Waals surface area contributed by atoms with Gasteiger partial charge in [0.15, 0.2) is 0 Å². The average molecular weight is 181 g/mol. The van der Waals surface area contributed by atoms with Gasteiger partial charge in [-0.2, -0.15) is 0 Å².